The van der Waals surface area contributed by atoms with Gasteiger partial charge in [-0.15, -0.1) is 11.3 Å². The quantitative estimate of drug-likeness (QED) is 0.824. The molecule has 1 fully saturated rings. The van der Waals surface area contributed by atoms with Crippen molar-refractivity contribution < 1.29 is 4.79 Å². The maximum atomic E-state index is 11.9. The first-order valence-corrected chi connectivity index (χ1v) is 6.66. The minimum absolute atomic E-state index is 0.111. The van der Waals surface area contributed by atoms with Gasteiger partial charge in [-0.05, 0) is 26.8 Å². The highest BCUT2D eigenvalue weighted by atomic mass is 32.1. The van der Waals surface area contributed by atoms with Crippen LogP contribution >= 0.6 is 11.3 Å². The second-order valence-electron chi connectivity index (χ2n) is 4.60. The van der Waals surface area contributed by atoms with Gasteiger partial charge in [-0.1, -0.05) is 0 Å². The Morgan fingerprint density at radius 3 is 3.06 bits per heavy atom. The third-order valence-corrected chi connectivity index (χ3v) is 3.97. The molecule has 1 aliphatic heterocycles. The molecule has 0 aromatic carbocycles. The van der Waals surface area contributed by atoms with E-state index in [2.05, 4.69) is 29.2 Å². The molecule has 2 rings (SSSR count). The Labute approximate surface area is 105 Å². The largest absolute Gasteiger partial charge is 0.375 e. The molecule has 3 N–H and O–H groups in total. The van der Waals surface area contributed by atoms with Crippen LogP contribution in [0.4, 0.5) is 5.13 Å². The van der Waals surface area contributed by atoms with E-state index in [1.54, 1.807) is 5.38 Å². The minimum atomic E-state index is -0.111. The summed E-state index contributed by atoms with van der Waals surface area (Å²) in [5, 5.41) is 5.16. The third-order valence-electron chi connectivity index (χ3n) is 3.30. The van der Waals surface area contributed by atoms with Gasteiger partial charge in [0.25, 0.3) is 5.91 Å². The summed E-state index contributed by atoms with van der Waals surface area (Å²) in [6, 6.07) is 0.756. The van der Waals surface area contributed by atoms with Crippen LogP contribution in [-0.2, 0) is 0 Å². The van der Waals surface area contributed by atoms with Crippen LogP contribution in [0, 0.1) is 0 Å². The van der Waals surface area contributed by atoms with Crippen molar-refractivity contribution in [2.75, 3.05) is 19.3 Å². The molecular weight excluding hydrogens is 236 g/mol. The molecular formula is C11H18N4OS. The van der Waals surface area contributed by atoms with Gasteiger partial charge >= 0.3 is 0 Å². The number of amides is 1. The number of carbonyl (C=O) groups excluding carboxylic acids is 1. The zero-order valence-corrected chi connectivity index (χ0v) is 11.0. The number of rotatable bonds is 2. The fourth-order valence-electron chi connectivity index (χ4n) is 2.07. The number of nitrogens with one attached hydrogen (secondary N) is 1. The number of nitrogens with zero attached hydrogens (tertiary/aromatic N) is 2. The van der Waals surface area contributed by atoms with E-state index in [0.717, 1.165) is 19.4 Å². The van der Waals surface area contributed by atoms with Crippen LogP contribution in [0.15, 0.2) is 5.38 Å². The third kappa shape index (κ3) is 2.95. The summed E-state index contributed by atoms with van der Waals surface area (Å²) in [5.41, 5.74) is 5.94. The van der Waals surface area contributed by atoms with Crippen LogP contribution in [-0.4, -0.2) is 41.5 Å². The standard InChI is InChI=1S/C11H18N4OS/c1-7-5-8(3-4-15(7)2)13-10(16)9-6-17-11(12)14-9/h6-8H,3-5H2,1-2H3,(H2,12,14)(H,13,16). The lowest BCUT2D eigenvalue weighted by Gasteiger charge is -2.35. The van der Waals surface area contributed by atoms with Crippen molar-refractivity contribution in [3.8, 4) is 0 Å². The molecule has 5 nitrogen and oxygen atoms in total. The van der Waals surface area contributed by atoms with Crippen molar-refractivity contribution in [2.45, 2.75) is 31.8 Å². The van der Waals surface area contributed by atoms with Crippen LogP contribution < -0.4 is 11.1 Å². The van der Waals surface area contributed by atoms with Gasteiger partial charge in [0.15, 0.2) is 5.13 Å². The number of aromatic nitrogens is 1. The Bertz CT molecular complexity index is 406. The predicted molar refractivity (Wildman–Crippen MR) is 69.1 cm³/mol. The lowest BCUT2D eigenvalue weighted by Crippen LogP contribution is -2.47. The maximum Gasteiger partial charge on any atom is 0.271 e. The van der Waals surface area contributed by atoms with Crippen molar-refractivity contribution in [3.63, 3.8) is 0 Å². The summed E-state index contributed by atoms with van der Waals surface area (Å²) in [6.45, 7) is 3.20. The van der Waals surface area contributed by atoms with Crippen LogP contribution in [0.1, 0.15) is 30.3 Å². The summed E-state index contributed by atoms with van der Waals surface area (Å²) < 4.78 is 0. The van der Waals surface area contributed by atoms with E-state index < -0.39 is 0 Å². The SMILES string of the molecule is CC1CC(NC(=O)c2csc(N)n2)CCN1C. The molecule has 6 heteroatoms. The lowest BCUT2D eigenvalue weighted by atomic mass is 9.99. The number of hydrogen-bond acceptors (Lipinski definition) is 5. The number of piperidine rings is 1. The Morgan fingerprint density at radius 1 is 1.71 bits per heavy atom. The molecule has 0 aliphatic carbocycles. The summed E-state index contributed by atoms with van der Waals surface area (Å²) in [6.07, 6.45) is 1.98. The van der Waals surface area contributed by atoms with Crippen molar-refractivity contribution >= 4 is 22.4 Å². The Kier molecular flexibility index (Phi) is 3.63. The molecule has 17 heavy (non-hydrogen) atoms. The van der Waals surface area contributed by atoms with E-state index in [1.807, 2.05) is 0 Å². The van der Waals surface area contributed by atoms with E-state index >= 15 is 0 Å². The molecule has 1 aliphatic rings. The molecule has 1 saturated heterocycles. The van der Waals surface area contributed by atoms with Crippen molar-refractivity contribution in [2.24, 2.45) is 0 Å². The normalized spacial score (nSPS) is 25.8. The molecule has 2 unspecified atom stereocenters. The minimum Gasteiger partial charge on any atom is -0.375 e. The maximum absolute atomic E-state index is 11.9. The molecule has 0 spiro atoms. The number of thiazole rings is 1. The molecule has 94 valence electrons. The number of hydrogen-bond donors (Lipinski definition) is 2. The van der Waals surface area contributed by atoms with Crippen LogP contribution in [0.2, 0.25) is 0 Å². The van der Waals surface area contributed by atoms with Gasteiger partial charge in [-0.25, -0.2) is 4.98 Å². The summed E-state index contributed by atoms with van der Waals surface area (Å²) in [5.74, 6) is -0.111. The van der Waals surface area contributed by atoms with E-state index in [1.165, 1.54) is 11.3 Å². The van der Waals surface area contributed by atoms with Gasteiger partial charge in [-0.3, -0.25) is 4.79 Å². The zero-order valence-electron chi connectivity index (χ0n) is 10.1. The fraction of sp³-hybridized carbons (Fsp3) is 0.636. The van der Waals surface area contributed by atoms with Gasteiger partial charge < -0.3 is 16.0 Å². The average molecular weight is 254 g/mol. The monoisotopic (exact) mass is 254 g/mol. The van der Waals surface area contributed by atoms with E-state index in [0.29, 0.717) is 16.9 Å². The van der Waals surface area contributed by atoms with E-state index in [9.17, 15) is 4.79 Å². The number of anilines is 1. The first-order valence-electron chi connectivity index (χ1n) is 5.78. The first-order chi connectivity index (χ1) is 8.06. The first kappa shape index (κ1) is 12.3. The molecule has 1 aromatic heterocycles. The van der Waals surface area contributed by atoms with E-state index in [4.69, 9.17) is 5.73 Å². The van der Waals surface area contributed by atoms with Crippen LogP contribution in [0.3, 0.4) is 0 Å². The molecule has 1 amide bonds. The van der Waals surface area contributed by atoms with E-state index in [-0.39, 0.29) is 11.9 Å². The topological polar surface area (TPSA) is 71.2 Å². The number of carbonyl (C=O) groups is 1. The van der Waals surface area contributed by atoms with Crippen molar-refractivity contribution in [3.05, 3.63) is 11.1 Å². The second-order valence-corrected chi connectivity index (χ2v) is 5.49. The molecule has 2 atom stereocenters. The van der Waals surface area contributed by atoms with Gasteiger partial charge in [0.2, 0.25) is 0 Å². The van der Waals surface area contributed by atoms with Crippen molar-refractivity contribution in [1.82, 2.24) is 15.2 Å². The van der Waals surface area contributed by atoms with Gasteiger partial charge in [-0.2, -0.15) is 0 Å². The number of nitrogen functional groups attached to an aromatic ring is 1. The molecule has 0 radical (unpaired) electrons. The summed E-state index contributed by atoms with van der Waals surface area (Å²) in [4.78, 5) is 18.2. The lowest BCUT2D eigenvalue weighted by molar-refractivity contribution is 0.0892. The number of nitrogens with two attached hydrogens (primary N) is 1. The number of likely N-dealkylation sites (tertiary alicyclic amines) is 1. The highest BCUT2D eigenvalue weighted by molar-refractivity contribution is 7.13. The average Bonchev–Trinajstić information content (AvgIpc) is 2.70. The fourth-order valence-corrected chi connectivity index (χ4v) is 2.61. The summed E-state index contributed by atoms with van der Waals surface area (Å²) >= 11 is 1.29. The molecule has 0 saturated carbocycles. The van der Waals surface area contributed by atoms with Crippen molar-refractivity contribution in [1.29, 1.82) is 0 Å². The summed E-state index contributed by atoms with van der Waals surface area (Å²) in [7, 11) is 2.11. The molecule has 1 aromatic rings. The highest BCUT2D eigenvalue weighted by Crippen LogP contribution is 2.16. The second kappa shape index (κ2) is 5.01. The molecule has 2 heterocycles. The van der Waals surface area contributed by atoms with Gasteiger partial charge in [0.05, 0.1) is 0 Å². The van der Waals surface area contributed by atoms with Gasteiger partial charge in [0.1, 0.15) is 5.69 Å². The zero-order chi connectivity index (χ0) is 12.4. The smallest absolute Gasteiger partial charge is 0.271 e. The van der Waals surface area contributed by atoms with Crippen LogP contribution in [0.5, 0.6) is 0 Å². The van der Waals surface area contributed by atoms with Gasteiger partial charge in [0, 0.05) is 24.0 Å². The highest BCUT2D eigenvalue weighted by Gasteiger charge is 2.24. The predicted octanol–water partition coefficient (Wildman–Crippen LogP) is 0.938. The Hall–Kier alpha value is -1.14. The Balaban J connectivity index is 1.91. The Morgan fingerprint density at radius 2 is 2.47 bits per heavy atom. The molecule has 0 bridgehead atoms. The van der Waals surface area contributed by atoms with Crippen LogP contribution in [0.25, 0.3) is 0 Å².